The molecular formula is C65H52N3O3+3. The molecule has 0 saturated heterocycles. The fraction of sp³-hybridized carbons (Fsp3) is 0.185. The van der Waals surface area contributed by atoms with Gasteiger partial charge in [0.1, 0.15) is 17.2 Å². The first-order valence-corrected chi connectivity index (χ1v) is 25.0. The summed E-state index contributed by atoms with van der Waals surface area (Å²) in [6, 6.07) is 56.8. The van der Waals surface area contributed by atoms with E-state index < -0.39 is 0 Å². The summed E-state index contributed by atoms with van der Waals surface area (Å²) in [5.41, 5.74) is 17.5. The molecule has 0 amide bonds. The Morgan fingerprint density at radius 3 is 1.48 bits per heavy atom. The van der Waals surface area contributed by atoms with Crippen molar-refractivity contribution in [3.05, 3.63) is 203 Å². The maximum absolute atomic E-state index is 6.14. The van der Waals surface area contributed by atoms with E-state index in [0.717, 1.165) is 17.2 Å². The third-order valence-corrected chi connectivity index (χ3v) is 16.9. The standard InChI is InChI=1S/2C23H18NO.C19H16NO/c1-23(2)18-8-5-9-19-20(18)22-21(23)17-11-15-7-4-3-6-14(15)10-16(17)12-24(22)13-25-19;1-23(2)17-8-5-9-20-21(17)22-18(23)12-16-15-7-4-3-6-14(15)10-11-19(16)24(22)13-25-20;1-19(2)14-8-5-9-15-16(14)18-17(19)13-7-4-3-6-12(13)10-20(18)11-21-15/h2*3-12H,13H2,1-2H3;3-10H,11H2,1-2H3/q3*+1. The van der Waals surface area contributed by atoms with Crippen LogP contribution in [0.4, 0.5) is 0 Å². The summed E-state index contributed by atoms with van der Waals surface area (Å²) in [5.74, 6) is 3.06. The van der Waals surface area contributed by atoms with Crippen molar-refractivity contribution in [1.82, 2.24) is 0 Å². The average molecular weight is 923 g/mol. The fourth-order valence-electron chi connectivity index (χ4n) is 13.5. The molecule has 11 aromatic rings. The second-order valence-corrected chi connectivity index (χ2v) is 21.8. The lowest BCUT2D eigenvalue weighted by atomic mass is 9.80. The second kappa shape index (κ2) is 14.0. The summed E-state index contributed by atoms with van der Waals surface area (Å²) in [4.78, 5) is 0. The second-order valence-electron chi connectivity index (χ2n) is 21.8. The monoisotopic (exact) mass is 922 g/mol. The minimum absolute atomic E-state index is 0.0109. The first-order chi connectivity index (χ1) is 34.5. The molecule has 8 aromatic carbocycles. The van der Waals surface area contributed by atoms with Gasteiger partial charge >= 0.3 is 0 Å². The Labute approximate surface area is 412 Å². The summed E-state index contributed by atoms with van der Waals surface area (Å²) in [6.45, 7) is 15.7. The molecule has 0 fully saturated rings. The zero-order valence-electron chi connectivity index (χ0n) is 40.9. The van der Waals surface area contributed by atoms with E-state index in [2.05, 4.69) is 225 Å². The van der Waals surface area contributed by atoms with E-state index in [1.54, 1.807) is 0 Å². The highest BCUT2D eigenvalue weighted by Gasteiger charge is 2.49. The highest BCUT2D eigenvalue weighted by atomic mass is 16.5. The van der Waals surface area contributed by atoms with Crippen LogP contribution in [-0.2, 0) is 36.4 Å². The zero-order chi connectivity index (χ0) is 47.7. The molecule has 6 nitrogen and oxygen atoms in total. The lowest BCUT2D eigenvalue weighted by molar-refractivity contribution is -0.716. The Bertz CT molecular complexity index is 4210. The molecule has 0 unspecified atom stereocenters. The maximum atomic E-state index is 6.14. The lowest BCUT2D eigenvalue weighted by Crippen LogP contribution is -2.42. The largest absolute Gasteiger partial charge is 0.435 e. The van der Waals surface area contributed by atoms with E-state index >= 15 is 0 Å². The van der Waals surface area contributed by atoms with Crippen molar-refractivity contribution in [1.29, 1.82) is 0 Å². The normalized spacial score (nSPS) is 16.3. The molecule has 17 rings (SSSR count). The Balaban J connectivity index is 0.0000000959. The third kappa shape index (κ3) is 5.40. The average Bonchev–Trinajstić information content (AvgIpc) is 3.90. The quantitative estimate of drug-likeness (QED) is 0.0864. The summed E-state index contributed by atoms with van der Waals surface area (Å²) >= 11 is 0. The molecule has 0 radical (unpaired) electrons. The number of ether oxygens (including phenoxy) is 3. The first kappa shape index (κ1) is 40.8. The van der Waals surface area contributed by atoms with Crippen molar-refractivity contribution in [3.8, 4) is 51.0 Å². The van der Waals surface area contributed by atoms with E-state index in [1.165, 1.54) is 121 Å². The first-order valence-electron chi connectivity index (χ1n) is 25.0. The van der Waals surface area contributed by atoms with Crippen molar-refractivity contribution in [2.45, 2.75) is 78.0 Å². The van der Waals surface area contributed by atoms with Gasteiger partial charge in [0.05, 0.1) is 22.1 Å². The van der Waals surface area contributed by atoms with Crippen molar-refractivity contribution >= 4 is 54.0 Å². The van der Waals surface area contributed by atoms with Crippen LogP contribution in [0.25, 0.3) is 87.8 Å². The molecule has 0 saturated carbocycles. The number of benzene rings is 8. The molecule has 0 bridgehead atoms. The van der Waals surface area contributed by atoms with Crippen LogP contribution in [0.1, 0.15) is 74.9 Å². The maximum Gasteiger partial charge on any atom is 0.293 e. The summed E-state index contributed by atoms with van der Waals surface area (Å²) < 4.78 is 25.1. The molecule has 3 aliphatic carbocycles. The van der Waals surface area contributed by atoms with Crippen molar-refractivity contribution in [2.24, 2.45) is 0 Å². The fourth-order valence-corrected chi connectivity index (χ4v) is 13.5. The molecule has 342 valence electrons. The molecule has 6 heterocycles. The van der Waals surface area contributed by atoms with Crippen LogP contribution in [0.3, 0.4) is 0 Å². The van der Waals surface area contributed by atoms with Crippen molar-refractivity contribution in [2.75, 3.05) is 0 Å². The minimum atomic E-state index is -0.0297. The van der Waals surface area contributed by atoms with Gasteiger partial charge in [-0.1, -0.05) is 145 Å². The Hall–Kier alpha value is -8.09. The molecule has 0 spiro atoms. The van der Waals surface area contributed by atoms with Crippen LogP contribution in [0.15, 0.2) is 170 Å². The molecule has 3 aromatic heterocycles. The molecule has 3 aliphatic heterocycles. The van der Waals surface area contributed by atoms with Gasteiger partial charge in [0.2, 0.25) is 22.6 Å². The van der Waals surface area contributed by atoms with Gasteiger partial charge in [-0.05, 0) is 97.5 Å². The Morgan fingerprint density at radius 2 is 0.845 bits per heavy atom. The van der Waals surface area contributed by atoms with Crippen LogP contribution in [0.2, 0.25) is 0 Å². The van der Waals surface area contributed by atoms with E-state index in [1.807, 2.05) is 0 Å². The summed E-state index contributed by atoms with van der Waals surface area (Å²) in [6.07, 6.45) is 4.47. The highest BCUT2D eigenvalue weighted by molar-refractivity contribution is 6.07. The van der Waals surface area contributed by atoms with Gasteiger partial charge in [-0.2, -0.15) is 13.7 Å². The number of fused-ring (bicyclic) bond motifs is 9. The Kier molecular flexibility index (Phi) is 8.06. The minimum Gasteiger partial charge on any atom is -0.435 e. The van der Waals surface area contributed by atoms with E-state index in [4.69, 9.17) is 14.2 Å². The van der Waals surface area contributed by atoms with Gasteiger partial charge in [0.25, 0.3) is 20.2 Å². The van der Waals surface area contributed by atoms with Gasteiger partial charge in [-0.15, -0.1) is 0 Å². The smallest absolute Gasteiger partial charge is 0.293 e. The Morgan fingerprint density at radius 1 is 0.352 bits per heavy atom. The molecule has 6 heteroatoms. The summed E-state index contributed by atoms with van der Waals surface area (Å²) in [7, 11) is 0. The number of hydrogen-bond acceptors (Lipinski definition) is 3. The van der Waals surface area contributed by atoms with Crippen molar-refractivity contribution < 1.29 is 27.9 Å². The molecule has 0 N–H and O–H groups in total. The van der Waals surface area contributed by atoms with Gasteiger partial charge in [-0.3, -0.25) is 0 Å². The van der Waals surface area contributed by atoms with Gasteiger partial charge in [0, 0.05) is 49.8 Å². The predicted molar refractivity (Wildman–Crippen MR) is 282 cm³/mol. The number of aromatic nitrogens is 3. The molecule has 6 aliphatic rings. The SMILES string of the molecule is CC1(C)c2cccc3c2-c2c1c1cc4ccccc4cc1c[n+]2CO3.CC1(C)c2cccc3c2-c2c1c1ccccc1c[n+]2CO3.CC1(C)c2cccc3c2-c2c1cc1c4ccccc4ccc1[n+]2CO3. The van der Waals surface area contributed by atoms with Crippen LogP contribution >= 0.6 is 0 Å². The number of hydrogen-bond donors (Lipinski definition) is 0. The lowest BCUT2D eigenvalue weighted by Gasteiger charge is -2.21. The van der Waals surface area contributed by atoms with Crippen LogP contribution in [0, 0.1) is 0 Å². The van der Waals surface area contributed by atoms with Crippen LogP contribution in [-0.4, -0.2) is 0 Å². The van der Waals surface area contributed by atoms with E-state index in [9.17, 15) is 0 Å². The third-order valence-electron chi connectivity index (χ3n) is 16.9. The number of nitrogens with zero attached hydrogens (tertiary/aromatic N) is 3. The predicted octanol–water partition coefficient (Wildman–Crippen LogP) is 13.7. The van der Waals surface area contributed by atoms with Crippen molar-refractivity contribution in [3.63, 3.8) is 0 Å². The number of rotatable bonds is 0. The number of pyridine rings is 3. The highest BCUT2D eigenvalue weighted by Crippen LogP contribution is 2.56. The van der Waals surface area contributed by atoms with Gasteiger partial charge in [-0.25, -0.2) is 0 Å². The van der Waals surface area contributed by atoms with Crippen LogP contribution < -0.4 is 27.9 Å². The summed E-state index contributed by atoms with van der Waals surface area (Å²) in [5, 5.41) is 11.8. The van der Waals surface area contributed by atoms with E-state index in [0.29, 0.717) is 20.2 Å². The molecule has 0 atom stereocenters. The van der Waals surface area contributed by atoms with E-state index in [-0.39, 0.29) is 16.2 Å². The molecular weight excluding hydrogens is 871 g/mol. The topological polar surface area (TPSA) is 39.3 Å². The van der Waals surface area contributed by atoms with Gasteiger partial charge in [0.15, 0.2) is 12.4 Å². The van der Waals surface area contributed by atoms with Crippen LogP contribution in [0.5, 0.6) is 17.2 Å². The van der Waals surface area contributed by atoms with Gasteiger partial charge < -0.3 is 14.2 Å². The zero-order valence-corrected chi connectivity index (χ0v) is 40.9. The molecule has 71 heavy (non-hydrogen) atoms.